The van der Waals surface area contributed by atoms with Crippen LogP contribution in [-0.4, -0.2) is 50.5 Å². The average molecular weight is 609 g/mol. The Morgan fingerprint density at radius 2 is 1.79 bits per heavy atom. The summed E-state index contributed by atoms with van der Waals surface area (Å²) in [6, 6.07) is 16.3. The summed E-state index contributed by atoms with van der Waals surface area (Å²) in [5.41, 5.74) is 5.91. The maximum Gasteiger partial charge on any atom is 0.573 e. The minimum Gasteiger partial charge on any atom is -0.406 e. The number of benzene rings is 3. The van der Waals surface area contributed by atoms with Gasteiger partial charge in [0, 0.05) is 12.1 Å². The number of amides is 3. The van der Waals surface area contributed by atoms with Crippen molar-refractivity contribution in [1.82, 2.24) is 20.1 Å². The molecule has 13 heteroatoms. The number of aryl methyl sites for hydroxylation is 3. The molecule has 0 aliphatic carbocycles. The summed E-state index contributed by atoms with van der Waals surface area (Å²) in [4.78, 5) is 35.4. The number of amidine groups is 1. The first-order chi connectivity index (χ1) is 20.5. The molecule has 1 aliphatic rings. The lowest BCUT2D eigenvalue weighted by Gasteiger charge is -2.21. The SMILES string of the molecule is Cc1cc(C)c(N2C(=O)SC/C2=N\C(=O)NCCc2cccc(-c3ncn(-c4ccc(OC(F)(F)F)cc4)n3)c2)c(C)c1. The first kappa shape index (κ1) is 29.8. The van der Waals surface area contributed by atoms with Crippen molar-refractivity contribution in [2.75, 3.05) is 17.2 Å². The normalized spacial score (nSPS) is 14.4. The van der Waals surface area contributed by atoms with Crippen LogP contribution in [0.3, 0.4) is 0 Å². The lowest BCUT2D eigenvalue weighted by molar-refractivity contribution is -0.274. The third-order valence-electron chi connectivity index (χ3n) is 6.56. The first-order valence-electron chi connectivity index (χ1n) is 13.2. The van der Waals surface area contributed by atoms with Crippen LogP contribution < -0.4 is 15.0 Å². The molecule has 1 saturated heterocycles. The minimum absolute atomic E-state index is 0.165. The predicted octanol–water partition coefficient (Wildman–Crippen LogP) is 6.78. The van der Waals surface area contributed by atoms with Gasteiger partial charge in [0.15, 0.2) is 5.82 Å². The molecule has 0 unspecified atom stereocenters. The maximum absolute atomic E-state index is 12.7. The molecular formula is C30H27F3N6O3S. The van der Waals surface area contributed by atoms with Crippen molar-refractivity contribution in [3.8, 4) is 22.8 Å². The van der Waals surface area contributed by atoms with Crippen molar-refractivity contribution in [2.45, 2.75) is 33.6 Å². The highest BCUT2D eigenvalue weighted by atomic mass is 32.2. The highest BCUT2D eigenvalue weighted by Gasteiger charge is 2.33. The monoisotopic (exact) mass is 608 g/mol. The number of ether oxygens (including phenoxy) is 1. The minimum atomic E-state index is -4.76. The van der Waals surface area contributed by atoms with E-state index >= 15 is 0 Å². The number of nitrogens with zero attached hydrogens (tertiary/aromatic N) is 5. The summed E-state index contributed by atoms with van der Waals surface area (Å²) in [6.45, 7) is 6.18. The largest absolute Gasteiger partial charge is 0.573 e. The molecule has 0 radical (unpaired) electrons. The Kier molecular flexibility index (Phi) is 8.53. The number of nitrogens with one attached hydrogen (secondary N) is 1. The molecule has 1 aliphatic heterocycles. The van der Waals surface area contributed by atoms with Gasteiger partial charge in [0.2, 0.25) is 0 Å². The second kappa shape index (κ2) is 12.3. The van der Waals surface area contributed by atoms with E-state index in [4.69, 9.17) is 0 Å². The maximum atomic E-state index is 12.7. The zero-order valence-corrected chi connectivity index (χ0v) is 24.3. The third-order valence-corrected chi connectivity index (χ3v) is 7.39. The Labute approximate surface area is 249 Å². The van der Waals surface area contributed by atoms with Crippen molar-refractivity contribution < 1.29 is 27.5 Å². The molecule has 3 aromatic carbocycles. The van der Waals surface area contributed by atoms with E-state index in [-0.39, 0.29) is 11.0 Å². The van der Waals surface area contributed by atoms with Crippen molar-refractivity contribution >= 4 is 34.6 Å². The zero-order valence-electron chi connectivity index (χ0n) is 23.5. The number of carbonyl (C=O) groups is 2. The van der Waals surface area contributed by atoms with E-state index in [1.807, 2.05) is 57.2 Å². The molecule has 9 nitrogen and oxygen atoms in total. The summed E-state index contributed by atoms with van der Waals surface area (Å²) in [6.07, 6.45) is -2.78. The molecule has 0 saturated carbocycles. The van der Waals surface area contributed by atoms with Crippen molar-refractivity contribution in [2.24, 2.45) is 4.99 Å². The number of hydrogen-bond donors (Lipinski definition) is 1. The molecule has 1 aromatic heterocycles. The second-order valence-corrected chi connectivity index (χ2v) is 10.8. The van der Waals surface area contributed by atoms with Crippen LogP contribution in [0.15, 0.2) is 72.0 Å². The van der Waals surface area contributed by atoms with Crippen LogP contribution in [0, 0.1) is 20.8 Å². The quantitative estimate of drug-likeness (QED) is 0.248. The fourth-order valence-corrected chi connectivity index (χ4v) is 5.62. The van der Waals surface area contributed by atoms with Gasteiger partial charge in [-0.05, 0) is 74.2 Å². The van der Waals surface area contributed by atoms with Gasteiger partial charge in [0.05, 0.1) is 17.1 Å². The summed E-state index contributed by atoms with van der Waals surface area (Å²) >= 11 is 1.11. The van der Waals surface area contributed by atoms with E-state index in [0.717, 1.165) is 45.3 Å². The van der Waals surface area contributed by atoms with Crippen LogP contribution in [0.2, 0.25) is 0 Å². The van der Waals surface area contributed by atoms with E-state index in [2.05, 4.69) is 25.1 Å². The summed E-state index contributed by atoms with van der Waals surface area (Å²) in [5.74, 6) is 0.811. The molecule has 0 atom stereocenters. The summed E-state index contributed by atoms with van der Waals surface area (Å²) < 4.78 is 42.6. The molecule has 1 N–H and O–H groups in total. The van der Waals surface area contributed by atoms with Gasteiger partial charge in [-0.1, -0.05) is 47.7 Å². The second-order valence-electron chi connectivity index (χ2n) is 9.90. The van der Waals surface area contributed by atoms with Crippen LogP contribution in [-0.2, 0) is 6.42 Å². The fraction of sp³-hybridized carbons (Fsp3) is 0.233. The molecule has 0 bridgehead atoms. The van der Waals surface area contributed by atoms with E-state index in [0.29, 0.717) is 36.1 Å². The number of aliphatic imine (C=N–C) groups is 1. The predicted molar refractivity (Wildman–Crippen MR) is 159 cm³/mol. The number of hydrogen-bond acceptors (Lipinski definition) is 6. The number of rotatable bonds is 7. The Bertz CT molecular complexity index is 1680. The summed E-state index contributed by atoms with van der Waals surface area (Å²) in [5, 5.41) is 7.07. The number of anilines is 1. The number of carbonyl (C=O) groups excluding carboxylic acids is 2. The van der Waals surface area contributed by atoms with Gasteiger partial charge in [-0.3, -0.25) is 9.69 Å². The fourth-order valence-electron chi connectivity index (χ4n) is 4.85. The Morgan fingerprint density at radius 1 is 1.07 bits per heavy atom. The molecule has 0 spiro atoms. The number of thioether (sulfide) groups is 1. The third kappa shape index (κ3) is 7.23. The highest BCUT2D eigenvalue weighted by molar-refractivity contribution is 8.15. The Hall–Kier alpha value is -4.65. The first-order valence-corrected chi connectivity index (χ1v) is 14.2. The lowest BCUT2D eigenvalue weighted by atomic mass is 10.0. The van der Waals surface area contributed by atoms with Gasteiger partial charge in [0.1, 0.15) is 17.9 Å². The molecule has 1 fully saturated rings. The van der Waals surface area contributed by atoms with Gasteiger partial charge in [-0.25, -0.2) is 14.5 Å². The van der Waals surface area contributed by atoms with Crippen molar-refractivity contribution in [3.63, 3.8) is 0 Å². The molecule has 43 heavy (non-hydrogen) atoms. The van der Waals surface area contributed by atoms with Crippen molar-refractivity contribution in [1.29, 1.82) is 0 Å². The van der Waals surface area contributed by atoms with Gasteiger partial charge in [0.25, 0.3) is 5.24 Å². The molecule has 3 amide bonds. The smallest absolute Gasteiger partial charge is 0.406 e. The number of alkyl halides is 3. The molecule has 2 heterocycles. The lowest BCUT2D eigenvalue weighted by Crippen LogP contribution is -2.33. The topological polar surface area (TPSA) is 102 Å². The standard InChI is InChI=1S/C30H27F3N6O3S/c1-18-13-19(2)26(20(3)14-18)39-25(16-43-29(39)41)36-28(40)34-12-11-21-5-4-6-22(15-21)27-35-17-38(37-27)23-7-9-24(10-8-23)42-30(31,32)33/h4-10,13-15,17H,11-12,16H2,1-3H3,(H,34,40)/b36-25+. The zero-order chi connectivity index (χ0) is 30.7. The highest BCUT2D eigenvalue weighted by Crippen LogP contribution is 2.33. The molecular weight excluding hydrogens is 581 g/mol. The van der Waals surface area contributed by atoms with E-state index < -0.39 is 12.4 Å². The van der Waals surface area contributed by atoms with E-state index in [1.165, 1.54) is 40.2 Å². The molecule has 5 rings (SSSR count). The van der Waals surface area contributed by atoms with E-state index in [9.17, 15) is 22.8 Å². The molecule has 4 aromatic rings. The van der Waals surface area contributed by atoms with Gasteiger partial charge >= 0.3 is 12.4 Å². The number of aromatic nitrogens is 3. The Balaban J connectivity index is 1.21. The van der Waals surface area contributed by atoms with Crippen LogP contribution >= 0.6 is 11.8 Å². The average Bonchev–Trinajstić information content (AvgIpc) is 3.56. The van der Waals surface area contributed by atoms with Gasteiger partial charge < -0.3 is 10.1 Å². The number of halogens is 3. The number of urea groups is 1. The van der Waals surface area contributed by atoms with Crippen LogP contribution in [0.5, 0.6) is 5.75 Å². The van der Waals surface area contributed by atoms with Crippen LogP contribution in [0.4, 0.5) is 28.4 Å². The van der Waals surface area contributed by atoms with Crippen LogP contribution in [0.25, 0.3) is 17.1 Å². The van der Waals surface area contributed by atoms with Crippen LogP contribution in [0.1, 0.15) is 22.3 Å². The molecule has 222 valence electrons. The summed E-state index contributed by atoms with van der Waals surface area (Å²) in [7, 11) is 0. The van der Waals surface area contributed by atoms with Crippen molar-refractivity contribution in [3.05, 3.63) is 89.2 Å². The van der Waals surface area contributed by atoms with Gasteiger partial charge in [-0.2, -0.15) is 4.99 Å². The Morgan fingerprint density at radius 3 is 2.49 bits per heavy atom. The van der Waals surface area contributed by atoms with Gasteiger partial charge in [-0.15, -0.1) is 18.3 Å². The van der Waals surface area contributed by atoms with E-state index in [1.54, 1.807) is 0 Å².